The second kappa shape index (κ2) is 5.38. The molecule has 2 rings (SSSR count). The lowest BCUT2D eigenvalue weighted by Crippen LogP contribution is -2.27. The highest BCUT2D eigenvalue weighted by molar-refractivity contribution is 5.01. The highest BCUT2D eigenvalue weighted by Crippen LogP contribution is 2.22. The zero-order chi connectivity index (χ0) is 11.4. The Balaban J connectivity index is 1.91. The quantitative estimate of drug-likeness (QED) is 0.735. The molecule has 1 fully saturated rings. The van der Waals surface area contributed by atoms with Crippen LogP contribution < -0.4 is 5.73 Å². The van der Waals surface area contributed by atoms with Gasteiger partial charge in [0.05, 0.1) is 19.1 Å². The largest absolute Gasteiger partial charge is 0.379 e. The van der Waals surface area contributed by atoms with E-state index in [2.05, 4.69) is 17.1 Å². The first-order valence-electron chi connectivity index (χ1n) is 5.54. The molecule has 0 bridgehead atoms. The van der Waals surface area contributed by atoms with E-state index in [1.54, 1.807) is 0 Å². The Morgan fingerprint density at radius 3 is 3.06 bits per heavy atom. The molecule has 6 nitrogen and oxygen atoms in total. The van der Waals surface area contributed by atoms with Gasteiger partial charge in [0, 0.05) is 12.6 Å². The Kier molecular flexibility index (Phi) is 3.87. The number of aromatic nitrogens is 2. The average Bonchev–Trinajstić information content (AvgIpc) is 2.87. The van der Waals surface area contributed by atoms with Crippen LogP contribution in [0.25, 0.3) is 0 Å². The van der Waals surface area contributed by atoms with Crippen LogP contribution in [0, 0.1) is 0 Å². The second-order valence-electron chi connectivity index (χ2n) is 3.91. The molecule has 2 unspecified atom stereocenters. The van der Waals surface area contributed by atoms with Crippen molar-refractivity contribution in [1.82, 2.24) is 10.1 Å². The first-order chi connectivity index (χ1) is 7.81. The minimum Gasteiger partial charge on any atom is -0.379 e. The van der Waals surface area contributed by atoms with Gasteiger partial charge in [0.1, 0.15) is 6.61 Å². The van der Waals surface area contributed by atoms with Crippen LogP contribution >= 0.6 is 0 Å². The molecule has 90 valence electrons. The van der Waals surface area contributed by atoms with E-state index in [1.165, 1.54) is 0 Å². The van der Waals surface area contributed by atoms with Gasteiger partial charge in [0.25, 0.3) is 0 Å². The number of nitrogens with two attached hydrogens (primary N) is 1. The first kappa shape index (κ1) is 11.5. The van der Waals surface area contributed by atoms with E-state index in [9.17, 15) is 0 Å². The zero-order valence-corrected chi connectivity index (χ0v) is 9.39. The summed E-state index contributed by atoms with van der Waals surface area (Å²) < 4.78 is 15.7. The Bertz CT molecular complexity index is 329. The second-order valence-corrected chi connectivity index (χ2v) is 3.91. The highest BCUT2D eigenvalue weighted by Gasteiger charge is 2.31. The molecule has 6 heteroatoms. The van der Waals surface area contributed by atoms with Gasteiger partial charge >= 0.3 is 0 Å². The Hall–Kier alpha value is -0.980. The molecule has 2 N–H and O–H groups in total. The summed E-state index contributed by atoms with van der Waals surface area (Å²) in [6.07, 6.45) is 0.978. The summed E-state index contributed by atoms with van der Waals surface area (Å²) in [5.41, 5.74) is 5.86. The van der Waals surface area contributed by atoms with Gasteiger partial charge < -0.3 is 19.7 Å². The van der Waals surface area contributed by atoms with Gasteiger partial charge in [0.2, 0.25) is 5.89 Å². The molecule has 0 spiro atoms. The standard InChI is InChI=1S/C10H17N3O3/c1-2-3-14-6-9-12-10(16-13-9)7-4-15-5-8(7)11/h7-8H,2-6,11H2,1H3. The number of hydrogen-bond donors (Lipinski definition) is 1. The number of nitrogens with zero attached hydrogens (tertiary/aromatic N) is 2. The number of hydrogen-bond acceptors (Lipinski definition) is 6. The van der Waals surface area contributed by atoms with Crippen molar-refractivity contribution in [2.24, 2.45) is 5.73 Å². The molecule has 2 heterocycles. The predicted molar refractivity (Wildman–Crippen MR) is 55.8 cm³/mol. The van der Waals surface area contributed by atoms with Crippen LogP contribution in [-0.2, 0) is 16.1 Å². The minimum absolute atomic E-state index is 0.0208. The smallest absolute Gasteiger partial charge is 0.233 e. The van der Waals surface area contributed by atoms with Crippen LogP contribution in [0.1, 0.15) is 31.0 Å². The fourth-order valence-electron chi connectivity index (χ4n) is 1.61. The SMILES string of the molecule is CCCOCc1noc(C2COCC2N)n1. The van der Waals surface area contributed by atoms with Crippen molar-refractivity contribution >= 4 is 0 Å². The van der Waals surface area contributed by atoms with Crippen LogP contribution in [0.5, 0.6) is 0 Å². The molecule has 2 atom stereocenters. The fourth-order valence-corrected chi connectivity index (χ4v) is 1.61. The zero-order valence-electron chi connectivity index (χ0n) is 9.39. The van der Waals surface area contributed by atoms with Crippen molar-refractivity contribution < 1.29 is 14.0 Å². The molecule has 0 aliphatic carbocycles. The van der Waals surface area contributed by atoms with E-state index in [0.29, 0.717) is 38.1 Å². The van der Waals surface area contributed by atoms with E-state index in [0.717, 1.165) is 6.42 Å². The van der Waals surface area contributed by atoms with Crippen LogP contribution in [0.4, 0.5) is 0 Å². The third-order valence-corrected chi connectivity index (χ3v) is 2.51. The van der Waals surface area contributed by atoms with Gasteiger partial charge in [-0.05, 0) is 6.42 Å². The van der Waals surface area contributed by atoms with Crippen LogP contribution in [-0.4, -0.2) is 36.0 Å². The van der Waals surface area contributed by atoms with E-state index in [1.807, 2.05) is 0 Å². The Morgan fingerprint density at radius 2 is 2.38 bits per heavy atom. The van der Waals surface area contributed by atoms with Gasteiger partial charge in [-0.1, -0.05) is 12.1 Å². The normalized spacial score (nSPS) is 25.1. The molecule has 1 aromatic heterocycles. The van der Waals surface area contributed by atoms with Crippen LogP contribution in [0.2, 0.25) is 0 Å². The van der Waals surface area contributed by atoms with Crippen molar-refractivity contribution in [2.45, 2.75) is 31.9 Å². The van der Waals surface area contributed by atoms with E-state index in [4.69, 9.17) is 19.7 Å². The fraction of sp³-hybridized carbons (Fsp3) is 0.800. The van der Waals surface area contributed by atoms with Crippen molar-refractivity contribution in [2.75, 3.05) is 19.8 Å². The summed E-state index contributed by atoms with van der Waals surface area (Å²) in [7, 11) is 0. The summed E-state index contributed by atoms with van der Waals surface area (Å²) in [4.78, 5) is 4.25. The highest BCUT2D eigenvalue weighted by atomic mass is 16.5. The minimum atomic E-state index is -0.0511. The van der Waals surface area contributed by atoms with E-state index >= 15 is 0 Å². The third kappa shape index (κ3) is 2.58. The topological polar surface area (TPSA) is 83.4 Å². The third-order valence-electron chi connectivity index (χ3n) is 2.51. The summed E-state index contributed by atoms with van der Waals surface area (Å²) in [6.45, 7) is 4.25. The Labute approximate surface area is 94.1 Å². The molecule has 1 aliphatic rings. The predicted octanol–water partition coefficient (Wildman–Crippen LogP) is 0.437. The summed E-state index contributed by atoms with van der Waals surface area (Å²) in [6, 6.07) is -0.0511. The van der Waals surface area contributed by atoms with Crippen molar-refractivity contribution in [1.29, 1.82) is 0 Å². The maximum Gasteiger partial charge on any atom is 0.233 e. The molecule has 0 saturated carbocycles. The van der Waals surface area contributed by atoms with Crippen LogP contribution in [0.15, 0.2) is 4.52 Å². The number of rotatable bonds is 5. The molecule has 0 radical (unpaired) electrons. The van der Waals surface area contributed by atoms with Crippen molar-refractivity contribution in [3.8, 4) is 0 Å². The first-order valence-corrected chi connectivity index (χ1v) is 5.54. The van der Waals surface area contributed by atoms with E-state index in [-0.39, 0.29) is 12.0 Å². The van der Waals surface area contributed by atoms with Crippen molar-refractivity contribution in [3.63, 3.8) is 0 Å². The molecule has 1 aliphatic heterocycles. The van der Waals surface area contributed by atoms with Crippen molar-refractivity contribution in [3.05, 3.63) is 11.7 Å². The molecule has 0 amide bonds. The summed E-state index contributed by atoms with van der Waals surface area (Å²) in [5.74, 6) is 1.15. The molecular weight excluding hydrogens is 210 g/mol. The average molecular weight is 227 g/mol. The molecule has 1 saturated heterocycles. The maximum absolute atomic E-state index is 5.86. The lowest BCUT2D eigenvalue weighted by molar-refractivity contribution is 0.114. The van der Waals surface area contributed by atoms with Gasteiger partial charge in [-0.2, -0.15) is 4.98 Å². The van der Waals surface area contributed by atoms with Crippen LogP contribution in [0.3, 0.4) is 0 Å². The molecule has 0 aromatic carbocycles. The van der Waals surface area contributed by atoms with E-state index < -0.39 is 0 Å². The lowest BCUT2D eigenvalue weighted by atomic mass is 10.1. The monoisotopic (exact) mass is 227 g/mol. The molecule has 1 aromatic rings. The molecule has 16 heavy (non-hydrogen) atoms. The maximum atomic E-state index is 5.86. The van der Waals surface area contributed by atoms with Gasteiger partial charge in [0.15, 0.2) is 5.82 Å². The number of ether oxygens (including phenoxy) is 2. The van der Waals surface area contributed by atoms with Gasteiger partial charge in [-0.25, -0.2) is 0 Å². The summed E-state index contributed by atoms with van der Waals surface area (Å²) >= 11 is 0. The lowest BCUT2D eigenvalue weighted by Gasteiger charge is -2.06. The molecular formula is C10H17N3O3. The Morgan fingerprint density at radius 1 is 1.50 bits per heavy atom. The summed E-state index contributed by atoms with van der Waals surface area (Å²) in [5, 5.41) is 3.84. The van der Waals surface area contributed by atoms with Gasteiger partial charge in [-0.15, -0.1) is 0 Å². The van der Waals surface area contributed by atoms with Gasteiger partial charge in [-0.3, -0.25) is 0 Å².